The van der Waals surface area contributed by atoms with Crippen molar-refractivity contribution >= 4 is 5.91 Å². The smallest absolute Gasteiger partial charge is 0.227 e. The summed E-state index contributed by atoms with van der Waals surface area (Å²) >= 11 is 0. The van der Waals surface area contributed by atoms with Crippen LogP contribution in [0.5, 0.6) is 5.75 Å². The van der Waals surface area contributed by atoms with E-state index in [0.717, 1.165) is 17.0 Å². The third-order valence-electron chi connectivity index (χ3n) is 4.17. The van der Waals surface area contributed by atoms with Gasteiger partial charge in [-0.15, -0.1) is 0 Å². The van der Waals surface area contributed by atoms with Crippen molar-refractivity contribution < 1.29 is 14.1 Å². The zero-order valence-electron chi connectivity index (χ0n) is 13.5. The van der Waals surface area contributed by atoms with Gasteiger partial charge in [0.25, 0.3) is 0 Å². The van der Waals surface area contributed by atoms with Crippen molar-refractivity contribution in [2.75, 3.05) is 6.61 Å². The molecule has 1 atom stereocenters. The molecule has 1 amide bonds. The van der Waals surface area contributed by atoms with Gasteiger partial charge in [0.1, 0.15) is 18.1 Å². The number of ether oxygens (including phenoxy) is 1. The van der Waals surface area contributed by atoms with Crippen molar-refractivity contribution in [1.29, 1.82) is 0 Å². The highest BCUT2D eigenvalue weighted by molar-refractivity contribution is 5.79. The van der Waals surface area contributed by atoms with Gasteiger partial charge in [0.15, 0.2) is 5.76 Å². The highest BCUT2D eigenvalue weighted by atomic mass is 16.5. The van der Waals surface area contributed by atoms with Gasteiger partial charge in [0.05, 0.1) is 18.2 Å². The Morgan fingerprint density at radius 3 is 2.92 bits per heavy atom. The van der Waals surface area contributed by atoms with Crippen LogP contribution in [0.4, 0.5) is 0 Å². The molecule has 0 spiro atoms. The predicted molar refractivity (Wildman–Crippen MR) is 90.7 cm³/mol. The third-order valence-corrected chi connectivity index (χ3v) is 4.17. The van der Waals surface area contributed by atoms with Crippen LogP contribution in [0.2, 0.25) is 0 Å². The molecular formula is C19H17N3O3. The molecule has 0 radical (unpaired) electrons. The van der Waals surface area contributed by atoms with Crippen LogP contribution in [0.3, 0.4) is 0 Å². The molecule has 0 fully saturated rings. The quantitative estimate of drug-likeness (QED) is 0.793. The average Bonchev–Trinajstić information content (AvgIpc) is 3.15. The first-order valence-corrected chi connectivity index (χ1v) is 8.15. The molecule has 2 aromatic heterocycles. The van der Waals surface area contributed by atoms with Crippen LogP contribution in [-0.2, 0) is 17.8 Å². The maximum Gasteiger partial charge on any atom is 0.227 e. The molecule has 6 nitrogen and oxygen atoms in total. The Labute approximate surface area is 144 Å². The van der Waals surface area contributed by atoms with Gasteiger partial charge in [0, 0.05) is 12.3 Å². The largest absolute Gasteiger partial charge is 0.492 e. The van der Waals surface area contributed by atoms with Crippen LogP contribution in [-0.4, -0.2) is 22.7 Å². The number of rotatable bonds is 4. The van der Waals surface area contributed by atoms with Gasteiger partial charge in [-0.25, -0.2) is 0 Å². The second-order valence-corrected chi connectivity index (χ2v) is 5.93. The van der Waals surface area contributed by atoms with Crippen molar-refractivity contribution in [1.82, 2.24) is 15.5 Å². The van der Waals surface area contributed by atoms with E-state index in [2.05, 4.69) is 15.5 Å². The summed E-state index contributed by atoms with van der Waals surface area (Å²) in [5.41, 5.74) is 2.45. The lowest BCUT2D eigenvalue weighted by atomic mass is 9.96. The minimum absolute atomic E-state index is 0.0507. The fraction of sp³-hybridized carbons (Fsp3) is 0.211. The van der Waals surface area contributed by atoms with Crippen LogP contribution >= 0.6 is 0 Å². The molecule has 3 aromatic rings. The van der Waals surface area contributed by atoms with Crippen LogP contribution in [0, 0.1) is 5.92 Å². The number of benzene rings is 1. The van der Waals surface area contributed by atoms with Crippen molar-refractivity contribution in [3.63, 3.8) is 0 Å². The summed E-state index contributed by atoms with van der Waals surface area (Å²) in [5, 5.41) is 6.88. The van der Waals surface area contributed by atoms with E-state index in [1.54, 1.807) is 12.3 Å². The third kappa shape index (κ3) is 3.38. The number of hydrogen-bond acceptors (Lipinski definition) is 5. The molecule has 1 aromatic carbocycles. The highest BCUT2D eigenvalue weighted by Gasteiger charge is 2.25. The molecule has 0 bridgehead atoms. The molecule has 1 aliphatic heterocycles. The minimum Gasteiger partial charge on any atom is -0.492 e. The van der Waals surface area contributed by atoms with E-state index in [-0.39, 0.29) is 18.4 Å². The molecular weight excluding hydrogens is 318 g/mol. The van der Waals surface area contributed by atoms with E-state index in [1.807, 2.05) is 42.5 Å². The molecule has 0 unspecified atom stereocenters. The molecule has 126 valence electrons. The van der Waals surface area contributed by atoms with E-state index < -0.39 is 0 Å². The van der Waals surface area contributed by atoms with Crippen LogP contribution in [0.15, 0.2) is 59.3 Å². The predicted octanol–water partition coefficient (Wildman–Crippen LogP) is 2.60. The lowest BCUT2D eigenvalue weighted by Gasteiger charge is -2.24. The van der Waals surface area contributed by atoms with Crippen LogP contribution < -0.4 is 10.1 Å². The average molecular weight is 335 g/mol. The first kappa shape index (κ1) is 15.4. The van der Waals surface area contributed by atoms with Gasteiger partial charge in [-0.1, -0.05) is 29.4 Å². The second-order valence-electron chi connectivity index (χ2n) is 5.93. The number of amides is 1. The van der Waals surface area contributed by atoms with E-state index in [9.17, 15) is 4.79 Å². The molecule has 0 saturated heterocycles. The number of carbonyl (C=O) groups is 1. The normalized spacial score (nSPS) is 15.9. The first-order chi connectivity index (χ1) is 12.3. The number of nitrogens with one attached hydrogen (secondary N) is 1. The standard InChI is InChI=1S/C19H17N3O3/c23-19(14-9-13-5-1-2-7-18(13)24-12-14)21-11-15-10-17(22-25-15)16-6-3-4-8-20-16/h1-8,10,14H,9,11-12H2,(H,21,23)/t14-/m0/s1. The van der Waals surface area contributed by atoms with Gasteiger partial charge < -0.3 is 14.6 Å². The summed E-state index contributed by atoms with van der Waals surface area (Å²) in [7, 11) is 0. The Kier molecular flexibility index (Phi) is 4.16. The fourth-order valence-electron chi connectivity index (χ4n) is 2.85. The van der Waals surface area contributed by atoms with Gasteiger partial charge in [0.2, 0.25) is 5.91 Å². The Morgan fingerprint density at radius 1 is 1.16 bits per heavy atom. The molecule has 1 aliphatic rings. The molecule has 1 N–H and O–H groups in total. The van der Waals surface area contributed by atoms with Gasteiger partial charge in [-0.05, 0) is 30.2 Å². The van der Waals surface area contributed by atoms with E-state index in [4.69, 9.17) is 9.26 Å². The zero-order valence-corrected chi connectivity index (χ0v) is 13.5. The van der Waals surface area contributed by atoms with Crippen LogP contribution in [0.25, 0.3) is 11.4 Å². The number of nitrogens with zero attached hydrogens (tertiary/aromatic N) is 2. The number of carbonyl (C=O) groups excluding carboxylic acids is 1. The fourth-order valence-corrected chi connectivity index (χ4v) is 2.85. The summed E-state index contributed by atoms with van der Waals surface area (Å²) in [4.78, 5) is 16.6. The maximum atomic E-state index is 12.4. The summed E-state index contributed by atoms with van der Waals surface area (Å²) in [6, 6.07) is 15.2. The first-order valence-electron chi connectivity index (χ1n) is 8.15. The lowest BCUT2D eigenvalue weighted by molar-refractivity contribution is -0.126. The Bertz CT molecular complexity index is 876. The van der Waals surface area contributed by atoms with Crippen LogP contribution in [0.1, 0.15) is 11.3 Å². The number of pyridine rings is 1. The molecule has 6 heteroatoms. The van der Waals surface area contributed by atoms with E-state index in [1.165, 1.54) is 0 Å². The summed E-state index contributed by atoms with van der Waals surface area (Å²) in [6.45, 7) is 0.676. The maximum absolute atomic E-state index is 12.4. The van der Waals surface area contributed by atoms with Gasteiger partial charge >= 0.3 is 0 Å². The SMILES string of the molecule is O=C(NCc1cc(-c2ccccn2)no1)[C@@H]1COc2ccccc2C1. The zero-order chi connectivity index (χ0) is 17.1. The van der Waals surface area contributed by atoms with Crippen molar-refractivity contribution in [2.45, 2.75) is 13.0 Å². The number of para-hydroxylation sites is 1. The summed E-state index contributed by atoms with van der Waals surface area (Å²) in [5.74, 6) is 1.20. The van der Waals surface area contributed by atoms with Crippen molar-refractivity contribution in [3.8, 4) is 17.1 Å². The Balaban J connectivity index is 1.36. The highest BCUT2D eigenvalue weighted by Crippen LogP contribution is 2.26. The van der Waals surface area contributed by atoms with E-state index in [0.29, 0.717) is 24.5 Å². The van der Waals surface area contributed by atoms with E-state index >= 15 is 0 Å². The van der Waals surface area contributed by atoms with Gasteiger partial charge in [-0.3, -0.25) is 9.78 Å². The lowest BCUT2D eigenvalue weighted by Crippen LogP contribution is -2.36. The number of hydrogen-bond donors (Lipinski definition) is 1. The van der Waals surface area contributed by atoms with Gasteiger partial charge in [-0.2, -0.15) is 0 Å². The molecule has 0 saturated carbocycles. The number of fused-ring (bicyclic) bond motifs is 1. The van der Waals surface area contributed by atoms with Crippen molar-refractivity contribution in [3.05, 3.63) is 66.1 Å². The minimum atomic E-state index is -0.201. The molecule has 3 heterocycles. The Hall–Kier alpha value is -3.15. The summed E-state index contributed by atoms with van der Waals surface area (Å²) in [6.07, 6.45) is 2.38. The molecule has 4 rings (SSSR count). The van der Waals surface area contributed by atoms with Crippen molar-refractivity contribution in [2.24, 2.45) is 5.92 Å². The number of aromatic nitrogens is 2. The second kappa shape index (κ2) is 6.76. The molecule has 25 heavy (non-hydrogen) atoms. The summed E-state index contributed by atoms with van der Waals surface area (Å²) < 4.78 is 10.9. The molecule has 0 aliphatic carbocycles. The topological polar surface area (TPSA) is 77.3 Å². The monoisotopic (exact) mass is 335 g/mol. The Morgan fingerprint density at radius 2 is 2.04 bits per heavy atom.